The van der Waals surface area contributed by atoms with Crippen LogP contribution in [0.2, 0.25) is 5.02 Å². The smallest absolute Gasteiger partial charge is 0.129 e. The van der Waals surface area contributed by atoms with Crippen LogP contribution in [0.3, 0.4) is 0 Å². The van der Waals surface area contributed by atoms with Crippen molar-refractivity contribution in [3.05, 3.63) is 57.8 Å². The van der Waals surface area contributed by atoms with Crippen molar-refractivity contribution >= 4 is 50.2 Å². The SMILES string of the molecule is ClCc1nc2c(Cl)cccc2n1-c1ccccc1Br. The van der Waals surface area contributed by atoms with E-state index in [1.807, 2.05) is 47.0 Å². The quantitative estimate of drug-likeness (QED) is 0.579. The zero-order chi connectivity index (χ0) is 13.4. The number of hydrogen-bond acceptors (Lipinski definition) is 1. The molecule has 0 aliphatic carbocycles. The molecule has 0 unspecified atom stereocenters. The normalized spacial score (nSPS) is 11.1. The van der Waals surface area contributed by atoms with E-state index >= 15 is 0 Å². The van der Waals surface area contributed by atoms with Gasteiger partial charge in [-0.3, -0.25) is 4.57 Å². The minimum atomic E-state index is 0.326. The van der Waals surface area contributed by atoms with Gasteiger partial charge in [-0.2, -0.15) is 0 Å². The summed E-state index contributed by atoms with van der Waals surface area (Å²) in [6, 6.07) is 13.7. The molecule has 0 saturated carbocycles. The van der Waals surface area contributed by atoms with Gasteiger partial charge >= 0.3 is 0 Å². The van der Waals surface area contributed by atoms with Crippen molar-refractivity contribution in [3.63, 3.8) is 0 Å². The molecule has 2 nitrogen and oxygen atoms in total. The summed E-state index contributed by atoms with van der Waals surface area (Å²) in [5, 5.41) is 0.634. The number of fused-ring (bicyclic) bond motifs is 1. The van der Waals surface area contributed by atoms with Crippen molar-refractivity contribution in [3.8, 4) is 5.69 Å². The van der Waals surface area contributed by atoms with Gasteiger partial charge in [-0.05, 0) is 40.2 Å². The van der Waals surface area contributed by atoms with Crippen molar-refractivity contribution in [2.75, 3.05) is 0 Å². The second kappa shape index (κ2) is 5.16. The molecule has 0 aliphatic heterocycles. The molecular weight excluding hydrogens is 347 g/mol. The van der Waals surface area contributed by atoms with Crippen molar-refractivity contribution < 1.29 is 0 Å². The summed E-state index contributed by atoms with van der Waals surface area (Å²) in [5.41, 5.74) is 2.73. The Kier molecular flexibility index (Phi) is 3.52. The van der Waals surface area contributed by atoms with Gasteiger partial charge in [0.1, 0.15) is 11.3 Å². The first kappa shape index (κ1) is 13.0. The predicted octanol–water partition coefficient (Wildman–Crippen LogP) is 5.18. The molecule has 0 amide bonds. The zero-order valence-corrected chi connectivity index (χ0v) is 12.9. The lowest BCUT2D eigenvalue weighted by Crippen LogP contribution is -1.99. The van der Waals surface area contributed by atoms with Crippen LogP contribution in [0, 0.1) is 0 Å². The van der Waals surface area contributed by atoms with E-state index in [0.29, 0.717) is 10.9 Å². The van der Waals surface area contributed by atoms with Crippen LogP contribution in [0.15, 0.2) is 46.9 Å². The maximum absolute atomic E-state index is 6.20. The number of imidazole rings is 1. The lowest BCUT2D eigenvalue weighted by Gasteiger charge is -2.09. The Hall–Kier alpha value is -1.03. The van der Waals surface area contributed by atoms with E-state index in [0.717, 1.165) is 27.0 Å². The first-order valence-corrected chi connectivity index (χ1v) is 7.39. The molecule has 0 bridgehead atoms. The highest BCUT2D eigenvalue weighted by atomic mass is 79.9. The zero-order valence-electron chi connectivity index (χ0n) is 9.78. The molecule has 0 N–H and O–H groups in total. The van der Waals surface area contributed by atoms with Crippen LogP contribution >= 0.6 is 39.1 Å². The van der Waals surface area contributed by atoms with Gasteiger partial charge < -0.3 is 0 Å². The minimum absolute atomic E-state index is 0.326. The van der Waals surface area contributed by atoms with E-state index in [-0.39, 0.29) is 0 Å². The van der Waals surface area contributed by atoms with Gasteiger partial charge in [-0.25, -0.2) is 4.98 Å². The van der Waals surface area contributed by atoms with Crippen molar-refractivity contribution in [1.82, 2.24) is 9.55 Å². The molecule has 3 rings (SSSR count). The minimum Gasteiger partial charge on any atom is -0.294 e. The molecule has 2 aromatic carbocycles. The van der Waals surface area contributed by atoms with Gasteiger partial charge in [0.05, 0.1) is 22.1 Å². The fourth-order valence-electron chi connectivity index (χ4n) is 2.10. The summed E-state index contributed by atoms with van der Waals surface area (Å²) in [7, 11) is 0. The summed E-state index contributed by atoms with van der Waals surface area (Å²) in [5.74, 6) is 1.10. The number of para-hydroxylation sites is 2. The molecular formula is C14H9BrCl2N2. The average molecular weight is 356 g/mol. The fourth-order valence-corrected chi connectivity index (χ4v) is 2.96. The van der Waals surface area contributed by atoms with E-state index in [1.165, 1.54) is 0 Å². The molecule has 19 heavy (non-hydrogen) atoms. The Morgan fingerprint density at radius 1 is 1.11 bits per heavy atom. The van der Waals surface area contributed by atoms with E-state index in [1.54, 1.807) is 0 Å². The van der Waals surface area contributed by atoms with Crippen LogP contribution in [0.4, 0.5) is 0 Å². The number of benzene rings is 2. The summed E-state index contributed by atoms with van der Waals surface area (Å²) in [6.07, 6.45) is 0. The second-order valence-corrected chi connectivity index (χ2v) is 5.58. The van der Waals surface area contributed by atoms with Crippen LogP contribution in [-0.2, 0) is 5.88 Å². The van der Waals surface area contributed by atoms with Crippen LogP contribution < -0.4 is 0 Å². The monoisotopic (exact) mass is 354 g/mol. The molecule has 0 spiro atoms. The fraction of sp³-hybridized carbons (Fsp3) is 0.0714. The molecule has 1 heterocycles. The number of halogens is 3. The lowest BCUT2D eigenvalue weighted by molar-refractivity contribution is 0.977. The molecule has 0 saturated heterocycles. The molecule has 5 heteroatoms. The number of aromatic nitrogens is 2. The largest absolute Gasteiger partial charge is 0.294 e. The third kappa shape index (κ3) is 2.16. The Labute approximate surface area is 129 Å². The van der Waals surface area contributed by atoms with Gasteiger partial charge in [0.15, 0.2) is 0 Å². The second-order valence-electron chi connectivity index (χ2n) is 4.06. The molecule has 0 aliphatic rings. The topological polar surface area (TPSA) is 17.8 Å². The van der Waals surface area contributed by atoms with E-state index in [9.17, 15) is 0 Å². The molecule has 0 fully saturated rings. The molecule has 0 radical (unpaired) electrons. The van der Waals surface area contributed by atoms with Crippen molar-refractivity contribution in [2.24, 2.45) is 0 Å². The highest BCUT2D eigenvalue weighted by Crippen LogP contribution is 2.30. The lowest BCUT2D eigenvalue weighted by atomic mass is 10.3. The first-order valence-electron chi connectivity index (χ1n) is 5.69. The maximum atomic E-state index is 6.20. The highest BCUT2D eigenvalue weighted by Gasteiger charge is 2.15. The van der Waals surface area contributed by atoms with Crippen molar-refractivity contribution in [2.45, 2.75) is 5.88 Å². The molecule has 96 valence electrons. The summed E-state index contributed by atoms with van der Waals surface area (Å²) < 4.78 is 3.01. The van der Waals surface area contributed by atoms with E-state index in [4.69, 9.17) is 23.2 Å². The van der Waals surface area contributed by atoms with E-state index < -0.39 is 0 Å². The van der Waals surface area contributed by atoms with Crippen LogP contribution in [-0.4, -0.2) is 9.55 Å². The van der Waals surface area contributed by atoms with E-state index in [2.05, 4.69) is 20.9 Å². The highest BCUT2D eigenvalue weighted by molar-refractivity contribution is 9.10. The van der Waals surface area contributed by atoms with Crippen LogP contribution in [0.1, 0.15) is 5.82 Å². The standard InChI is InChI=1S/C14H9BrCl2N2/c15-9-4-1-2-6-11(9)19-12-7-3-5-10(17)14(12)18-13(19)8-16/h1-7H,8H2. The van der Waals surface area contributed by atoms with Gasteiger partial charge in [0.25, 0.3) is 0 Å². The third-order valence-corrected chi connectivity index (χ3v) is 4.13. The van der Waals surface area contributed by atoms with Gasteiger partial charge in [0, 0.05) is 4.47 Å². The molecule has 0 atom stereocenters. The summed E-state index contributed by atoms with van der Waals surface area (Å²) in [6.45, 7) is 0. The summed E-state index contributed by atoms with van der Waals surface area (Å²) >= 11 is 15.8. The third-order valence-electron chi connectivity index (χ3n) is 2.92. The summed E-state index contributed by atoms with van der Waals surface area (Å²) in [4.78, 5) is 4.53. The maximum Gasteiger partial charge on any atom is 0.129 e. The Morgan fingerprint density at radius 3 is 2.63 bits per heavy atom. The Balaban J connectivity index is 2.40. The number of nitrogens with zero attached hydrogens (tertiary/aromatic N) is 2. The number of rotatable bonds is 2. The number of hydrogen-bond donors (Lipinski definition) is 0. The predicted molar refractivity (Wildman–Crippen MR) is 83.3 cm³/mol. The van der Waals surface area contributed by atoms with Gasteiger partial charge in [-0.15, -0.1) is 11.6 Å². The average Bonchev–Trinajstić information content (AvgIpc) is 2.79. The molecule has 1 aromatic heterocycles. The van der Waals surface area contributed by atoms with Gasteiger partial charge in [-0.1, -0.05) is 29.8 Å². The van der Waals surface area contributed by atoms with Crippen LogP contribution in [0.5, 0.6) is 0 Å². The molecule has 3 aromatic rings. The van der Waals surface area contributed by atoms with Gasteiger partial charge in [0.2, 0.25) is 0 Å². The Bertz CT molecular complexity index is 752. The van der Waals surface area contributed by atoms with Crippen molar-refractivity contribution in [1.29, 1.82) is 0 Å². The van der Waals surface area contributed by atoms with Crippen LogP contribution in [0.25, 0.3) is 16.7 Å². The number of alkyl halides is 1. The Morgan fingerprint density at radius 2 is 1.89 bits per heavy atom. The first-order chi connectivity index (χ1) is 9.22.